The third-order valence-electron chi connectivity index (χ3n) is 3.32. The topological polar surface area (TPSA) is 33.3 Å². The van der Waals surface area contributed by atoms with Crippen LogP contribution in [0, 0.1) is 0 Å². The Labute approximate surface area is 174 Å². The molecule has 0 aliphatic rings. The van der Waals surface area contributed by atoms with E-state index in [-0.39, 0.29) is 6.10 Å². The minimum atomic E-state index is 0.162. The van der Waals surface area contributed by atoms with Crippen molar-refractivity contribution in [2.24, 2.45) is 0 Å². The Hall–Kier alpha value is -1.14. The number of thioether (sulfide) groups is 1. The normalized spacial score (nSPS) is 10.7. The van der Waals surface area contributed by atoms with Gasteiger partial charge in [0.05, 0.1) is 6.10 Å². The third-order valence-corrected chi connectivity index (χ3v) is 5.26. The summed E-state index contributed by atoms with van der Waals surface area (Å²) in [7, 11) is 0. The highest BCUT2D eigenvalue weighted by atomic mass is 35.5. The maximum Gasteiger partial charge on any atom is 0.170 e. The van der Waals surface area contributed by atoms with Crippen LogP contribution in [0.15, 0.2) is 42.5 Å². The maximum absolute atomic E-state index is 6.17. The number of halogens is 2. The fraction of sp³-hybridized carbons (Fsp3) is 0.316. The van der Waals surface area contributed by atoms with Crippen LogP contribution in [-0.2, 0) is 5.75 Å². The molecule has 2 aromatic carbocycles. The van der Waals surface area contributed by atoms with Crippen molar-refractivity contribution in [2.45, 2.75) is 25.7 Å². The highest BCUT2D eigenvalue weighted by Gasteiger charge is 2.05. The molecule has 0 bridgehead atoms. The van der Waals surface area contributed by atoms with Gasteiger partial charge in [-0.15, -0.1) is 0 Å². The zero-order valence-corrected chi connectivity index (χ0v) is 17.9. The molecule has 140 valence electrons. The van der Waals surface area contributed by atoms with E-state index in [9.17, 15) is 0 Å². The molecule has 0 aliphatic heterocycles. The Balaban J connectivity index is 1.67. The van der Waals surface area contributed by atoms with Crippen molar-refractivity contribution < 1.29 is 4.74 Å². The van der Waals surface area contributed by atoms with E-state index in [4.69, 9.17) is 40.2 Å². The van der Waals surface area contributed by atoms with Crippen LogP contribution in [0.5, 0.6) is 5.75 Å². The van der Waals surface area contributed by atoms with Crippen LogP contribution in [0.2, 0.25) is 10.0 Å². The highest BCUT2D eigenvalue weighted by Crippen LogP contribution is 2.28. The summed E-state index contributed by atoms with van der Waals surface area (Å²) in [5.41, 5.74) is 1.90. The summed E-state index contributed by atoms with van der Waals surface area (Å²) >= 11 is 19.4. The minimum absolute atomic E-state index is 0.162. The van der Waals surface area contributed by atoms with E-state index in [1.165, 1.54) is 0 Å². The number of ether oxygens (including phenoxy) is 1. The molecule has 0 aromatic heterocycles. The molecule has 26 heavy (non-hydrogen) atoms. The van der Waals surface area contributed by atoms with Crippen LogP contribution in [-0.4, -0.2) is 23.5 Å². The number of benzene rings is 2. The molecule has 0 saturated carbocycles. The number of anilines is 1. The van der Waals surface area contributed by atoms with Gasteiger partial charge in [0.15, 0.2) is 5.11 Å². The van der Waals surface area contributed by atoms with E-state index in [2.05, 4.69) is 10.6 Å². The fourth-order valence-electron chi connectivity index (χ4n) is 2.15. The molecule has 0 unspecified atom stereocenters. The summed E-state index contributed by atoms with van der Waals surface area (Å²) in [6, 6.07) is 13.3. The average Bonchev–Trinajstić information content (AvgIpc) is 2.58. The van der Waals surface area contributed by atoms with Crippen molar-refractivity contribution in [3.63, 3.8) is 0 Å². The molecule has 0 aliphatic carbocycles. The molecule has 2 rings (SSSR count). The van der Waals surface area contributed by atoms with Gasteiger partial charge in [0.2, 0.25) is 0 Å². The Morgan fingerprint density at radius 1 is 1.12 bits per heavy atom. The molecule has 0 atom stereocenters. The molecular weight excluding hydrogens is 407 g/mol. The lowest BCUT2D eigenvalue weighted by molar-refractivity contribution is 0.242. The highest BCUT2D eigenvalue weighted by molar-refractivity contribution is 7.98. The molecule has 7 heteroatoms. The molecule has 0 amide bonds. The van der Waals surface area contributed by atoms with Gasteiger partial charge in [-0.1, -0.05) is 29.3 Å². The zero-order valence-electron chi connectivity index (χ0n) is 14.7. The first kappa shape index (κ1) is 21.2. The van der Waals surface area contributed by atoms with Crippen molar-refractivity contribution in [3.8, 4) is 5.75 Å². The molecule has 0 fully saturated rings. The molecule has 0 spiro atoms. The van der Waals surface area contributed by atoms with E-state index >= 15 is 0 Å². The summed E-state index contributed by atoms with van der Waals surface area (Å²) in [5.74, 6) is 2.52. The molecular formula is C19H22Cl2N2OS2. The van der Waals surface area contributed by atoms with Gasteiger partial charge in [-0.3, -0.25) is 0 Å². The summed E-state index contributed by atoms with van der Waals surface area (Å²) in [5, 5.41) is 8.37. The van der Waals surface area contributed by atoms with Crippen molar-refractivity contribution >= 4 is 58.0 Å². The second-order valence-corrected chi connectivity index (χ2v) is 8.15. The molecule has 2 N–H and O–H groups in total. The first-order valence-corrected chi connectivity index (χ1v) is 10.6. The summed E-state index contributed by atoms with van der Waals surface area (Å²) in [4.78, 5) is 0. The standard InChI is InChI=1S/C19H22Cl2N2OS2/c1-13(2)24-15-8-6-14(7-9-15)23-19(25)22-10-11-26-12-16-17(20)4-3-5-18(16)21/h3-9,13H,10-12H2,1-2H3,(H2,22,23,25). The number of hydrogen-bond acceptors (Lipinski definition) is 3. The van der Waals surface area contributed by atoms with Crippen molar-refractivity contribution in [1.82, 2.24) is 5.32 Å². The quantitative estimate of drug-likeness (QED) is 0.397. The lowest BCUT2D eigenvalue weighted by atomic mass is 10.2. The zero-order chi connectivity index (χ0) is 18.9. The Morgan fingerprint density at radius 3 is 2.38 bits per heavy atom. The van der Waals surface area contributed by atoms with E-state index < -0.39 is 0 Å². The predicted molar refractivity (Wildman–Crippen MR) is 119 cm³/mol. The van der Waals surface area contributed by atoms with Crippen LogP contribution in [0.1, 0.15) is 19.4 Å². The van der Waals surface area contributed by atoms with Gasteiger partial charge in [-0.05, 0) is 68.0 Å². The minimum Gasteiger partial charge on any atom is -0.491 e. The van der Waals surface area contributed by atoms with Crippen LogP contribution in [0.25, 0.3) is 0 Å². The Bertz CT molecular complexity index is 704. The van der Waals surface area contributed by atoms with Crippen molar-refractivity contribution in [3.05, 3.63) is 58.1 Å². The fourth-order valence-corrected chi connectivity index (χ4v) is 3.96. The van der Waals surface area contributed by atoms with Crippen LogP contribution in [0.3, 0.4) is 0 Å². The van der Waals surface area contributed by atoms with Crippen molar-refractivity contribution in [1.29, 1.82) is 0 Å². The van der Waals surface area contributed by atoms with Crippen molar-refractivity contribution in [2.75, 3.05) is 17.6 Å². The van der Waals surface area contributed by atoms with Crippen LogP contribution < -0.4 is 15.4 Å². The molecule has 0 radical (unpaired) electrons. The molecule has 0 heterocycles. The van der Waals surface area contributed by atoms with Gasteiger partial charge in [0, 0.05) is 33.8 Å². The third kappa shape index (κ3) is 7.23. The first-order valence-electron chi connectivity index (χ1n) is 8.28. The van der Waals surface area contributed by atoms with E-state index in [1.807, 2.05) is 56.3 Å². The average molecular weight is 429 g/mol. The van der Waals surface area contributed by atoms with Gasteiger partial charge in [0.25, 0.3) is 0 Å². The lowest BCUT2D eigenvalue weighted by Gasteiger charge is -2.13. The number of nitrogens with one attached hydrogen (secondary N) is 2. The van der Waals surface area contributed by atoms with Gasteiger partial charge >= 0.3 is 0 Å². The molecule has 3 nitrogen and oxygen atoms in total. The smallest absolute Gasteiger partial charge is 0.170 e. The SMILES string of the molecule is CC(C)Oc1ccc(NC(=S)NCCSCc2c(Cl)cccc2Cl)cc1. The van der Waals surface area contributed by atoms with E-state index in [0.29, 0.717) is 15.2 Å². The summed E-state index contributed by atoms with van der Waals surface area (Å²) < 4.78 is 5.62. The van der Waals surface area contributed by atoms with Gasteiger partial charge in [0.1, 0.15) is 5.75 Å². The first-order chi connectivity index (χ1) is 12.5. The molecule has 0 saturated heterocycles. The predicted octanol–water partition coefficient (Wildman–Crippen LogP) is 6.00. The number of rotatable bonds is 8. The number of hydrogen-bond donors (Lipinski definition) is 2. The van der Waals surface area contributed by atoms with Crippen LogP contribution >= 0.6 is 47.2 Å². The maximum atomic E-state index is 6.17. The molecule has 2 aromatic rings. The van der Waals surface area contributed by atoms with E-state index in [1.54, 1.807) is 11.8 Å². The second-order valence-electron chi connectivity index (χ2n) is 5.82. The Kier molecular flexibility index (Phi) is 8.85. The summed E-state index contributed by atoms with van der Waals surface area (Å²) in [6.07, 6.45) is 0.162. The van der Waals surface area contributed by atoms with Gasteiger partial charge in [-0.2, -0.15) is 11.8 Å². The van der Waals surface area contributed by atoms with Crippen LogP contribution in [0.4, 0.5) is 5.69 Å². The van der Waals surface area contributed by atoms with E-state index in [0.717, 1.165) is 35.1 Å². The Morgan fingerprint density at radius 2 is 1.77 bits per heavy atom. The number of thiocarbonyl (C=S) groups is 1. The second kappa shape index (κ2) is 10.9. The summed E-state index contributed by atoms with van der Waals surface area (Å²) in [6.45, 7) is 4.76. The lowest BCUT2D eigenvalue weighted by Crippen LogP contribution is -2.30. The monoisotopic (exact) mass is 428 g/mol. The van der Waals surface area contributed by atoms with Gasteiger partial charge < -0.3 is 15.4 Å². The largest absolute Gasteiger partial charge is 0.491 e. The van der Waals surface area contributed by atoms with Gasteiger partial charge in [-0.25, -0.2) is 0 Å².